The van der Waals surface area contributed by atoms with E-state index in [4.69, 9.17) is 9.15 Å². The zero-order valence-corrected chi connectivity index (χ0v) is 20.6. The quantitative estimate of drug-likeness (QED) is 0.376. The highest BCUT2D eigenvalue weighted by atomic mass is 32.2. The molecule has 0 amide bonds. The van der Waals surface area contributed by atoms with Gasteiger partial charge in [0.25, 0.3) is 0 Å². The summed E-state index contributed by atoms with van der Waals surface area (Å²) in [7, 11) is 0. The van der Waals surface area contributed by atoms with Crippen LogP contribution in [0, 0.1) is 0 Å². The number of para-hydroxylation sites is 1. The Labute approximate surface area is 206 Å². The Hall–Kier alpha value is -2.51. The molecular formula is C27H34N4O2S. The maximum absolute atomic E-state index is 5.90. The number of likely N-dealkylation sites (tertiary alicyclic amines) is 1. The first-order chi connectivity index (χ1) is 16.8. The van der Waals surface area contributed by atoms with Crippen LogP contribution in [-0.4, -0.2) is 59.7 Å². The predicted octanol–water partition coefficient (Wildman–Crippen LogP) is 5.50. The molecule has 2 aliphatic heterocycles. The molecule has 2 saturated heterocycles. The zero-order chi connectivity index (χ0) is 23.0. The number of rotatable bonds is 9. The van der Waals surface area contributed by atoms with Gasteiger partial charge >= 0.3 is 0 Å². The van der Waals surface area contributed by atoms with Gasteiger partial charge < -0.3 is 14.1 Å². The van der Waals surface area contributed by atoms with E-state index in [0.29, 0.717) is 30.2 Å². The van der Waals surface area contributed by atoms with Crippen molar-refractivity contribution in [2.24, 2.45) is 0 Å². The molecule has 0 radical (unpaired) electrons. The molecule has 1 aromatic heterocycles. The van der Waals surface area contributed by atoms with Crippen molar-refractivity contribution >= 4 is 17.4 Å². The van der Waals surface area contributed by atoms with Crippen molar-refractivity contribution < 1.29 is 9.15 Å². The van der Waals surface area contributed by atoms with E-state index in [-0.39, 0.29) is 0 Å². The highest BCUT2D eigenvalue weighted by Crippen LogP contribution is 2.28. The van der Waals surface area contributed by atoms with Crippen molar-refractivity contribution in [2.75, 3.05) is 43.4 Å². The summed E-state index contributed by atoms with van der Waals surface area (Å²) in [6.07, 6.45) is 6.78. The molecule has 3 heterocycles. The number of benzene rings is 2. The van der Waals surface area contributed by atoms with Crippen molar-refractivity contribution in [3.05, 3.63) is 60.5 Å². The SMILES string of the molecule is c1ccc(OCCSCc2nnc(-c3ccc(N4CCC(N5CCCCCC5)C4)cc3)o2)cc1. The third-order valence-corrected chi connectivity index (χ3v) is 7.64. The Bertz CT molecular complexity index is 1000. The van der Waals surface area contributed by atoms with Gasteiger partial charge in [-0.2, -0.15) is 0 Å². The molecule has 6 nitrogen and oxygen atoms in total. The first-order valence-electron chi connectivity index (χ1n) is 12.5. The van der Waals surface area contributed by atoms with Crippen molar-refractivity contribution in [3.63, 3.8) is 0 Å². The zero-order valence-electron chi connectivity index (χ0n) is 19.8. The summed E-state index contributed by atoms with van der Waals surface area (Å²) >= 11 is 1.73. The first-order valence-corrected chi connectivity index (χ1v) is 13.7. The highest BCUT2D eigenvalue weighted by Gasteiger charge is 2.28. The summed E-state index contributed by atoms with van der Waals surface area (Å²) in [6.45, 7) is 5.47. The van der Waals surface area contributed by atoms with E-state index in [0.717, 1.165) is 30.2 Å². The smallest absolute Gasteiger partial charge is 0.247 e. The molecule has 0 N–H and O–H groups in total. The average Bonchev–Trinajstić information content (AvgIpc) is 3.49. The van der Waals surface area contributed by atoms with Gasteiger partial charge in [0.15, 0.2) is 0 Å². The molecule has 7 heteroatoms. The predicted molar refractivity (Wildman–Crippen MR) is 138 cm³/mol. The number of hydrogen-bond acceptors (Lipinski definition) is 7. The molecular weight excluding hydrogens is 444 g/mol. The van der Waals surface area contributed by atoms with Crippen LogP contribution < -0.4 is 9.64 Å². The maximum atomic E-state index is 5.90. The molecule has 1 unspecified atom stereocenters. The maximum Gasteiger partial charge on any atom is 0.247 e. The molecule has 2 aromatic carbocycles. The van der Waals surface area contributed by atoms with Crippen LogP contribution in [0.2, 0.25) is 0 Å². The Morgan fingerprint density at radius 2 is 1.71 bits per heavy atom. The minimum absolute atomic E-state index is 0.589. The standard InChI is InChI=1S/C27H34N4O2S/c1-2-7-16-30(15-6-1)24-14-17-31(20-24)23-12-10-22(11-13-23)27-29-28-26(33-27)21-34-19-18-32-25-8-4-3-5-9-25/h3-5,8-13,24H,1-2,6-7,14-21H2. The van der Waals surface area contributed by atoms with Crippen molar-refractivity contribution in [3.8, 4) is 17.2 Å². The van der Waals surface area contributed by atoms with Crippen LogP contribution >= 0.6 is 11.8 Å². The Kier molecular flexibility index (Phi) is 8.04. The monoisotopic (exact) mass is 478 g/mol. The van der Waals surface area contributed by atoms with Gasteiger partial charge in [0, 0.05) is 36.1 Å². The summed E-state index contributed by atoms with van der Waals surface area (Å²) in [5.74, 6) is 3.71. The summed E-state index contributed by atoms with van der Waals surface area (Å²) in [6, 6.07) is 19.2. The number of hydrogen-bond donors (Lipinski definition) is 0. The minimum Gasteiger partial charge on any atom is -0.493 e. The fourth-order valence-corrected chi connectivity index (χ4v) is 5.51. The van der Waals surface area contributed by atoms with Crippen molar-refractivity contribution in [1.29, 1.82) is 0 Å². The fraction of sp³-hybridized carbons (Fsp3) is 0.481. The second-order valence-corrected chi connectivity index (χ2v) is 10.2. The second kappa shape index (κ2) is 11.8. The number of anilines is 1. The first kappa shape index (κ1) is 23.2. The van der Waals surface area contributed by atoms with Crippen LogP contribution in [0.15, 0.2) is 59.0 Å². The Morgan fingerprint density at radius 3 is 2.50 bits per heavy atom. The third-order valence-electron chi connectivity index (χ3n) is 6.73. The molecule has 3 aromatic rings. The number of nitrogens with zero attached hydrogens (tertiary/aromatic N) is 4. The molecule has 1 atom stereocenters. The van der Waals surface area contributed by atoms with Crippen LogP contribution in [0.5, 0.6) is 5.75 Å². The molecule has 0 aliphatic carbocycles. The van der Waals surface area contributed by atoms with Gasteiger partial charge in [-0.25, -0.2) is 0 Å². The van der Waals surface area contributed by atoms with E-state index >= 15 is 0 Å². The highest BCUT2D eigenvalue weighted by molar-refractivity contribution is 7.98. The molecule has 0 saturated carbocycles. The summed E-state index contributed by atoms with van der Waals surface area (Å²) in [4.78, 5) is 5.25. The lowest BCUT2D eigenvalue weighted by atomic mass is 10.2. The van der Waals surface area contributed by atoms with Gasteiger partial charge in [0.2, 0.25) is 11.8 Å². The molecule has 180 valence electrons. The van der Waals surface area contributed by atoms with E-state index in [1.807, 2.05) is 30.3 Å². The number of ether oxygens (including phenoxy) is 1. The van der Waals surface area contributed by atoms with E-state index in [9.17, 15) is 0 Å². The third kappa shape index (κ3) is 6.13. The van der Waals surface area contributed by atoms with Crippen molar-refractivity contribution in [2.45, 2.75) is 43.9 Å². The Morgan fingerprint density at radius 1 is 0.912 bits per heavy atom. The largest absolute Gasteiger partial charge is 0.493 e. The van der Waals surface area contributed by atoms with Crippen LogP contribution in [-0.2, 0) is 5.75 Å². The normalized spacial score (nSPS) is 19.3. The van der Waals surface area contributed by atoms with Crippen LogP contribution in [0.25, 0.3) is 11.5 Å². The van der Waals surface area contributed by atoms with Gasteiger partial charge in [-0.15, -0.1) is 22.0 Å². The van der Waals surface area contributed by atoms with Gasteiger partial charge in [-0.1, -0.05) is 31.0 Å². The molecule has 5 rings (SSSR count). The summed E-state index contributed by atoms with van der Waals surface area (Å²) < 4.78 is 11.6. The van der Waals surface area contributed by atoms with Gasteiger partial charge in [-0.05, 0) is 68.8 Å². The topological polar surface area (TPSA) is 54.6 Å². The molecule has 34 heavy (non-hydrogen) atoms. The average molecular weight is 479 g/mol. The lowest BCUT2D eigenvalue weighted by Gasteiger charge is -2.27. The van der Waals surface area contributed by atoms with E-state index in [1.54, 1.807) is 11.8 Å². The van der Waals surface area contributed by atoms with E-state index in [1.165, 1.54) is 50.9 Å². The van der Waals surface area contributed by atoms with E-state index < -0.39 is 0 Å². The van der Waals surface area contributed by atoms with Crippen LogP contribution in [0.1, 0.15) is 38.0 Å². The van der Waals surface area contributed by atoms with E-state index in [2.05, 4.69) is 44.3 Å². The molecule has 2 fully saturated rings. The molecule has 0 spiro atoms. The number of aromatic nitrogens is 2. The second-order valence-electron chi connectivity index (χ2n) is 9.10. The Balaban J connectivity index is 1.08. The van der Waals surface area contributed by atoms with Gasteiger partial charge in [-0.3, -0.25) is 4.90 Å². The minimum atomic E-state index is 0.589. The fourth-order valence-electron chi connectivity index (χ4n) is 4.87. The van der Waals surface area contributed by atoms with Crippen molar-refractivity contribution in [1.82, 2.24) is 15.1 Å². The summed E-state index contributed by atoms with van der Waals surface area (Å²) in [5, 5.41) is 8.48. The molecule has 0 bridgehead atoms. The van der Waals surface area contributed by atoms with Crippen LogP contribution in [0.4, 0.5) is 5.69 Å². The number of thioether (sulfide) groups is 1. The molecule has 2 aliphatic rings. The lowest BCUT2D eigenvalue weighted by Crippen LogP contribution is -2.38. The summed E-state index contributed by atoms with van der Waals surface area (Å²) in [5.41, 5.74) is 2.26. The van der Waals surface area contributed by atoms with Gasteiger partial charge in [0.1, 0.15) is 5.75 Å². The van der Waals surface area contributed by atoms with Gasteiger partial charge in [0.05, 0.1) is 12.4 Å². The van der Waals surface area contributed by atoms with Crippen LogP contribution in [0.3, 0.4) is 0 Å². The lowest BCUT2D eigenvalue weighted by molar-refractivity contribution is 0.218.